The lowest BCUT2D eigenvalue weighted by atomic mass is 10.1. The standard InChI is InChI=1S/C12H14ClNO4/c1-16-6-17-9-5-7-3-2-4-8(13)10(7)11(9)18-12(14)15/h2-4,9,11H,5-6H2,1H3,(H2,14,15)/t9-,11-/m0/s1. The van der Waals surface area contributed by atoms with Gasteiger partial charge in [-0.25, -0.2) is 4.79 Å². The molecule has 0 aromatic heterocycles. The lowest BCUT2D eigenvalue weighted by Crippen LogP contribution is -2.26. The zero-order valence-corrected chi connectivity index (χ0v) is 10.6. The summed E-state index contributed by atoms with van der Waals surface area (Å²) < 4.78 is 15.5. The van der Waals surface area contributed by atoms with E-state index < -0.39 is 12.2 Å². The molecule has 0 bridgehead atoms. The van der Waals surface area contributed by atoms with Crippen LogP contribution in [0.15, 0.2) is 18.2 Å². The molecule has 2 atom stereocenters. The number of nitrogens with two attached hydrogens (primary N) is 1. The number of ether oxygens (including phenoxy) is 3. The van der Waals surface area contributed by atoms with Crippen LogP contribution >= 0.6 is 11.6 Å². The second-order valence-corrected chi connectivity index (χ2v) is 4.39. The molecule has 5 nitrogen and oxygen atoms in total. The summed E-state index contributed by atoms with van der Waals surface area (Å²) in [5.74, 6) is 0. The molecule has 0 unspecified atom stereocenters. The Morgan fingerprint density at radius 2 is 2.33 bits per heavy atom. The van der Waals surface area contributed by atoms with Crippen LogP contribution in [0.5, 0.6) is 0 Å². The number of primary amides is 1. The molecule has 1 aromatic carbocycles. The van der Waals surface area contributed by atoms with Gasteiger partial charge in [0.1, 0.15) is 12.9 Å². The number of hydrogen-bond acceptors (Lipinski definition) is 4. The quantitative estimate of drug-likeness (QED) is 0.851. The predicted octanol–water partition coefficient (Wildman–Crippen LogP) is 2.02. The maximum atomic E-state index is 11.0. The topological polar surface area (TPSA) is 70.8 Å². The van der Waals surface area contributed by atoms with Crippen molar-refractivity contribution in [2.75, 3.05) is 13.9 Å². The monoisotopic (exact) mass is 271 g/mol. The number of halogens is 1. The number of fused-ring (bicyclic) bond motifs is 1. The van der Waals surface area contributed by atoms with Gasteiger partial charge >= 0.3 is 6.09 Å². The van der Waals surface area contributed by atoms with Gasteiger partial charge in [0.05, 0.1) is 0 Å². The minimum absolute atomic E-state index is 0.120. The molecule has 1 aliphatic carbocycles. The van der Waals surface area contributed by atoms with Crippen LogP contribution in [0.4, 0.5) is 4.79 Å². The largest absolute Gasteiger partial charge is 0.439 e. The third-order valence-electron chi connectivity index (χ3n) is 2.83. The molecule has 18 heavy (non-hydrogen) atoms. The van der Waals surface area contributed by atoms with Crippen molar-refractivity contribution in [2.45, 2.75) is 18.6 Å². The molecule has 1 aliphatic rings. The van der Waals surface area contributed by atoms with E-state index in [9.17, 15) is 4.79 Å². The molecule has 0 saturated carbocycles. The van der Waals surface area contributed by atoms with Crippen molar-refractivity contribution in [3.05, 3.63) is 34.3 Å². The summed E-state index contributed by atoms with van der Waals surface area (Å²) in [5, 5.41) is 0.544. The number of benzene rings is 1. The average molecular weight is 272 g/mol. The SMILES string of the molecule is COCO[C@H]1Cc2cccc(Cl)c2[C@H]1OC(N)=O. The van der Waals surface area contributed by atoms with Crippen LogP contribution in [0.3, 0.4) is 0 Å². The van der Waals surface area contributed by atoms with Crippen molar-refractivity contribution in [1.29, 1.82) is 0 Å². The second kappa shape index (κ2) is 5.56. The van der Waals surface area contributed by atoms with Gasteiger partial charge in [-0.05, 0) is 11.6 Å². The molecule has 6 heteroatoms. The first-order valence-corrected chi connectivity index (χ1v) is 5.85. The molecule has 0 spiro atoms. The fraction of sp³-hybridized carbons (Fsp3) is 0.417. The molecule has 98 valence electrons. The summed E-state index contributed by atoms with van der Waals surface area (Å²) >= 11 is 6.13. The normalized spacial score (nSPS) is 21.7. The molecule has 0 radical (unpaired) electrons. The van der Waals surface area contributed by atoms with Gasteiger partial charge < -0.3 is 19.9 Å². The van der Waals surface area contributed by atoms with Crippen molar-refractivity contribution in [3.8, 4) is 0 Å². The summed E-state index contributed by atoms with van der Waals surface area (Å²) in [6.07, 6.45) is -1.15. The Labute approximate surface area is 110 Å². The third kappa shape index (κ3) is 2.58. The highest BCUT2D eigenvalue weighted by Gasteiger charge is 2.37. The van der Waals surface area contributed by atoms with Gasteiger partial charge in [0.25, 0.3) is 0 Å². The van der Waals surface area contributed by atoms with Crippen LogP contribution in [-0.4, -0.2) is 26.1 Å². The van der Waals surface area contributed by atoms with Gasteiger partial charge in [-0.2, -0.15) is 0 Å². The Kier molecular flexibility index (Phi) is 4.06. The molecule has 2 N–H and O–H groups in total. The van der Waals surface area contributed by atoms with Gasteiger partial charge in [0, 0.05) is 24.1 Å². The second-order valence-electron chi connectivity index (χ2n) is 3.99. The van der Waals surface area contributed by atoms with Crippen molar-refractivity contribution in [3.63, 3.8) is 0 Å². The molecule has 0 heterocycles. The van der Waals surface area contributed by atoms with Crippen LogP contribution < -0.4 is 5.73 Å². The maximum absolute atomic E-state index is 11.0. The molecule has 1 amide bonds. The fourth-order valence-electron chi connectivity index (χ4n) is 2.15. The van der Waals surface area contributed by atoms with E-state index in [1.165, 1.54) is 7.11 Å². The number of carbonyl (C=O) groups is 1. The Balaban J connectivity index is 2.26. The van der Waals surface area contributed by atoms with Crippen molar-refractivity contribution >= 4 is 17.7 Å². The zero-order chi connectivity index (χ0) is 13.1. The van der Waals surface area contributed by atoms with E-state index in [4.69, 9.17) is 31.5 Å². The minimum Gasteiger partial charge on any atom is -0.439 e. The molecule has 1 aromatic rings. The van der Waals surface area contributed by atoms with Crippen LogP contribution in [-0.2, 0) is 20.6 Å². The highest BCUT2D eigenvalue weighted by Crippen LogP contribution is 2.40. The minimum atomic E-state index is -0.848. The van der Waals surface area contributed by atoms with Crippen LogP contribution in [0.25, 0.3) is 0 Å². The molecule has 0 aliphatic heterocycles. The summed E-state index contributed by atoms with van der Waals surface area (Å²) in [5.41, 5.74) is 6.84. The average Bonchev–Trinajstić information content (AvgIpc) is 2.65. The summed E-state index contributed by atoms with van der Waals surface area (Å²) in [7, 11) is 1.53. The van der Waals surface area contributed by atoms with E-state index in [0.717, 1.165) is 11.1 Å². The maximum Gasteiger partial charge on any atom is 0.405 e. The third-order valence-corrected chi connectivity index (χ3v) is 3.16. The molecular formula is C12H14ClNO4. The zero-order valence-electron chi connectivity index (χ0n) is 9.89. The van der Waals surface area contributed by atoms with Gasteiger partial charge in [0.2, 0.25) is 0 Å². The molecule has 2 rings (SSSR count). The molecular weight excluding hydrogens is 258 g/mol. The van der Waals surface area contributed by atoms with E-state index in [-0.39, 0.29) is 12.9 Å². The Morgan fingerprint density at radius 1 is 1.56 bits per heavy atom. The molecule has 0 fully saturated rings. The van der Waals surface area contributed by atoms with Crippen LogP contribution in [0.2, 0.25) is 5.02 Å². The highest BCUT2D eigenvalue weighted by atomic mass is 35.5. The van der Waals surface area contributed by atoms with Crippen molar-refractivity contribution in [1.82, 2.24) is 0 Å². The number of rotatable bonds is 4. The van der Waals surface area contributed by atoms with Crippen LogP contribution in [0.1, 0.15) is 17.2 Å². The van der Waals surface area contributed by atoms with Crippen molar-refractivity contribution in [2.24, 2.45) is 5.73 Å². The predicted molar refractivity (Wildman–Crippen MR) is 65.3 cm³/mol. The van der Waals surface area contributed by atoms with E-state index in [2.05, 4.69) is 0 Å². The summed E-state index contributed by atoms with van der Waals surface area (Å²) in [6, 6.07) is 5.52. The number of methoxy groups -OCH3 is 1. The first kappa shape index (κ1) is 13.1. The summed E-state index contributed by atoms with van der Waals surface area (Å²) in [4.78, 5) is 11.0. The number of amides is 1. The van der Waals surface area contributed by atoms with Gasteiger partial charge in [-0.3, -0.25) is 0 Å². The van der Waals surface area contributed by atoms with Gasteiger partial charge in [0.15, 0.2) is 6.10 Å². The van der Waals surface area contributed by atoms with Crippen molar-refractivity contribution < 1.29 is 19.0 Å². The summed E-state index contributed by atoms with van der Waals surface area (Å²) in [6.45, 7) is 0.120. The van der Waals surface area contributed by atoms with E-state index in [1.807, 2.05) is 12.1 Å². The number of carbonyl (C=O) groups excluding carboxylic acids is 1. The Morgan fingerprint density at radius 3 is 3.00 bits per heavy atom. The van der Waals surface area contributed by atoms with Gasteiger partial charge in [-0.1, -0.05) is 23.7 Å². The fourth-order valence-corrected chi connectivity index (χ4v) is 2.45. The van der Waals surface area contributed by atoms with E-state index in [0.29, 0.717) is 11.4 Å². The number of hydrogen-bond donors (Lipinski definition) is 1. The smallest absolute Gasteiger partial charge is 0.405 e. The lowest BCUT2D eigenvalue weighted by molar-refractivity contribution is -0.107. The highest BCUT2D eigenvalue weighted by molar-refractivity contribution is 6.31. The Bertz CT molecular complexity index is 452. The van der Waals surface area contributed by atoms with Crippen LogP contribution in [0, 0.1) is 0 Å². The lowest BCUT2D eigenvalue weighted by Gasteiger charge is -2.20. The Hall–Kier alpha value is -1.30. The molecule has 0 saturated heterocycles. The first-order valence-electron chi connectivity index (χ1n) is 5.47. The van der Waals surface area contributed by atoms with E-state index >= 15 is 0 Å². The first-order chi connectivity index (χ1) is 8.63. The van der Waals surface area contributed by atoms with Gasteiger partial charge in [-0.15, -0.1) is 0 Å². The van der Waals surface area contributed by atoms with E-state index in [1.54, 1.807) is 6.07 Å².